The summed E-state index contributed by atoms with van der Waals surface area (Å²) in [6, 6.07) is 6.23. The number of halogens is 1. The molecule has 0 spiro atoms. The standard InChI is InChI=1S/C15H25ClN2/c1-11(2)8-9-18(4)15-13(10-12(3)17)6-5-7-14(15)16/h5-7,11-12H,8-10,17H2,1-4H3. The molecule has 18 heavy (non-hydrogen) atoms. The molecule has 0 aliphatic heterocycles. The highest BCUT2D eigenvalue weighted by Crippen LogP contribution is 2.30. The summed E-state index contributed by atoms with van der Waals surface area (Å²) in [5.74, 6) is 0.701. The molecular formula is C15H25ClN2. The van der Waals surface area contributed by atoms with Gasteiger partial charge in [0.2, 0.25) is 0 Å². The van der Waals surface area contributed by atoms with Crippen LogP contribution in [0.15, 0.2) is 18.2 Å². The zero-order valence-electron chi connectivity index (χ0n) is 11.9. The van der Waals surface area contributed by atoms with E-state index in [0.29, 0.717) is 5.92 Å². The zero-order valence-corrected chi connectivity index (χ0v) is 12.7. The number of nitrogens with zero attached hydrogens (tertiary/aromatic N) is 1. The molecule has 1 unspecified atom stereocenters. The number of benzene rings is 1. The molecule has 1 rings (SSSR count). The van der Waals surface area contributed by atoms with E-state index in [1.807, 2.05) is 19.1 Å². The van der Waals surface area contributed by atoms with Gasteiger partial charge in [-0.2, -0.15) is 0 Å². The fourth-order valence-corrected chi connectivity index (χ4v) is 2.40. The minimum absolute atomic E-state index is 0.153. The van der Waals surface area contributed by atoms with Crippen LogP contribution >= 0.6 is 11.6 Å². The van der Waals surface area contributed by atoms with Crippen LogP contribution in [0.5, 0.6) is 0 Å². The van der Waals surface area contributed by atoms with Crippen molar-refractivity contribution in [1.82, 2.24) is 0 Å². The summed E-state index contributed by atoms with van der Waals surface area (Å²) < 4.78 is 0. The van der Waals surface area contributed by atoms with Gasteiger partial charge in [-0.1, -0.05) is 37.6 Å². The molecule has 0 saturated carbocycles. The second-order valence-electron chi connectivity index (χ2n) is 5.53. The van der Waals surface area contributed by atoms with E-state index in [1.165, 1.54) is 12.0 Å². The van der Waals surface area contributed by atoms with E-state index in [2.05, 4.69) is 31.9 Å². The lowest BCUT2D eigenvalue weighted by molar-refractivity contribution is 0.584. The van der Waals surface area contributed by atoms with Crippen LogP contribution in [0.3, 0.4) is 0 Å². The lowest BCUT2D eigenvalue weighted by atomic mass is 10.0. The molecule has 1 aromatic carbocycles. The van der Waals surface area contributed by atoms with Gasteiger partial charge >= 0.3 is 0 Å². The normalized spacial score (nSPS) is 12.8. The van der Waals surface area contributed by atoms with Crippen molar-refractivity contribution in [3.8, 4) is 0 Å². The van der Waals surface area contributed by atoms with Gasteiger partial charge in [-0.15, -0.1) is 0 Å². The smallest absolute Gasteiger partial charge is 0.0642 e. The van der Waals surface area contributed by atoms with E-state index in [1.54, 1.807) is 0 Å². The van der Waals surface area contributed by atoms with Crippen molar-refractivity contribution in [2.75, 3.05) is 18.5 Å². The fourth-order valence-electron chi connectivity index (χ4n) is 2.06. The van der Waals surface area contributed by atoms with E-state index in [9.17, 15) is 0 Å². The molecule has 0 aromatic heterocycles. The first-order chi connectivity index (χ1) is 8.41. The van der Waals surface area contributed by atoms with Crippen LogP contribution in [0.1, 0.15) is 32.8 Å². The lowest BCUT2D eigenvalue weighted by Crippen LogP contribution is -2.24. The number of para-hydroxylation sites is 1. The van der Waals surface area contributed by atoms with Gasteiger partial charge in [0.15, 0.2) is 0 Å². The van der Waals surface area contributed by atoms with Gasteiger partial charge < -0.3 is 10.6 Å². The number of nitrogens with two attached hydrogens (primary N) is 1. The maximum atomic E-state index is 6.34. The van der Waals surface area contributed by atoms with Crippen molar-refractivity contribution in [3.63, 3.8) is 0 Å². The Morgan fingerprint density at radius 2 is 1.94 bits per heavy atom. The number of anilines is 1. The molecule has 3 heteroatoms. The molecule has 0 aliphatic carbocycles. The molecule has 2 N–H and O–H groups in total. The SMILES string of the molecule is CC(C)CCN(C)c1c(Cl)cccc1CC(C)N. The molecule has 0 fully saturated rings. The van der Waals surface area contributed by atoms with E-state index in [4.69, 9.17) is 17.3 Å². The first kappa shape index (κ1) is 15.3. The van der Waals surface area contributed by atoms with Crippen molar-refractivity contribution in [2.24, 2.45) is 11.7 Å². The van der Waals surface area contributed by atoms with Crippen LogP contribution in [-0.2, 0) is 6.42 Å². The van der Waals surface area contributed by atoms with Crippen molar-refractivity contribution in [3.05, 3.63) is 28.8 Å². The highest BCUT2D eigenvalue weighted by atomic mass is 35.5. The Bertz CT molecular complexity index is 375. The Hall–Kier alpha value is -0.730. The van der Waals surface area contributed by atoms with E-state index < -0.39 is 0 Å². The minimum Gasteiger partial charge on any atom is -0.373 e. The lowest BCUT2D eigenvalue weighted by Gasteiger charge is -2.25. The summed E-state index contributed by atoms with van der Waals surface area (Å²) in [5.41, 5.74) is 8.28. The second kappa shape index (κ2) is 7.01. The monoisotopic (exact) mass is 268 g/mol. The van der Waals surface area contributed by atoms with E-state index in [-0.39, 0.29) is 6.04 Å². The summed E-state index contributed by atoms with van der Waals surface area (Å²) in [6.45, 7) is 7.53. The molecule has 0 bridgehead atoms. The fraction of sp³-hybridized carbons (Fsp3) is 0.600. The molecule has 1 aromatic rings. The minimum atomic E-state index is 0.153. The van der Waals surface area contributed by atoms with Crippen molar-refractivity contribution in [1.29, 1.82) is 0 Å². The predicted molar refractivity (Wildman–Crippen MR) is 81.5 cm³/mol. The average Bonchev–Trinajstić information content (AvgIpc) is 2.25. The van der Waals surface area contributed by atoms with Crippen LogP contribution in [0.2, 0.25) is 5.02 Å². The van der Waals surface area contributed by atoms with Gasteiger partial charge in [0.1, 0.15) is 0 Å². The zero-order chi connectivity index (χ0) is 13.7. The van der Waals surface area contributed by atoms with Crippen molar-refractivity contribution >= 4 is 17.3 Å². The maximum absolute atomic E-state index is 6.34. The molecule has 1 atom stereocenters. The topological polar surface area (TPSA) is 29.3 Å². The molecule has 0 heterocycles. The number of rotatable bonds is 6. The van der Waals surface area contributed by atoms with Crippen LogP contribution in [0.25, 0.3) is 0 Å². The summed E-state index contributed by atoms with van der Waals surface area (Å²) in [7, 11) is 2.11. The van der Waals surface area contributed by atoms with Gasteiger partial charge in [0.05, 0.1) is 10.7 Å². The summed E-state index contributed by atoms with van der Waals surface area (Å²) in [5, 5.41) is 0.819. The Morgan fingerprint density at radius 1 is 1.28 bits per heavy atom. The Balaban J connectivity index is 2.90. The first-order valence-corrected chi connectivity index (χ1v) is 7.03. The van der Waals surface area contributed by atoms with E-state index in [0.717, 1.165) is 23.7 Å². The molecule has 0 aliphatic rings. The van der Waals surface area contributed by atoms with Crippen LogP contribution in [-0.4, -0.2) is 19.6 Å². The molecular weight excluding hydrogens is 244 g/mol. The second-order valence-corrected chi connectivity index (χ2v) is 5.94. The van der Waals surface area contributed by atoms with Gasteiger partial charge in [-0.25, -0.2) is 0 Å². The van der Waals surface area contributed by atoms with Gasteiger partial charge in [0, 0.05) is 19.6 Å². The quantitative estimate of drug-likeness (QED) is 0.852. The largest absolute Gasteiger partial charge is 0.373 e. The van der Waals surface area contributed by atoms with Gasteiger partial charge in [-0.05, 0) is 37.3 Å². The molecule has 0 amide bonds. The molecule has 102 valence electrons. The average molecular weight is 269 g/mol. The summed E-state index contributed by atoms with van der Waals surface area (Å²) in [6.07, 6.45) is 2.03. The third-order valence-electron chi connectivity index (χ3n) is 3.04. The third kappa shape index (κ3) is 4.51. The van der Waals surface area contributed by atoms with Gasteiger partial charge in [0.25, 0.3) is 0 Å². The Labute approximate surface area is 116 Å². The Morgan fingerprint density at radius 3 is 2.50 bits per heavy atom. The molecule has 2 nitrogen and oxygen atoms in total. The number of hydrogen-bond donors (Lipinski definition) is 1. The highest BCUT2D eigenvalue weighted by Gasteiger charge is 2.13. The predicted octanol–water partition coefficient (Wildman–Crippen LogP) is 3.71. The third-order valence-corrected chi connectivity index (χ3v) is 3.34. The van der Waals surface area contributed by atoms with E-state index >= 15 is 0 Å². The van der Waals surface area contributed by atoms with Crippen LogP contribution < -0.4 is 10.6 Å². The molecule has 0 radical (unpaired) electrons. The van der Waals surface area contributed by atoms with Crippen molar-refractivity contribution in [2.45, 2.75) is 39.7 Å². The summed E-state index contributed by atoms with van der Waals surface area (Å²) >= 11 is 6.34. The molecule has 0 saturated heterocycles. The van der Waals surface area contributed by atoms with Crippen LogP contribution in [0.4, 0.5) is 5.69 Å². The van der Waals surface area contributed by atoms with Crippen molar-refractivity contribution < 1.29 is 0 Å². The highest BCUT2D eigenvalue weighted by molar-refractivity contribution is 6.33. The first-order valence-electron chi connectivity index (χ1n) is 6.66. The maximum Gasteiger partial charge on any atom is 0.0642 e. The number of hydrogen-bond acceptors (Lipinski definition) is 2. The summed E-state index contributed by atoms with van der Waals surface area (Å²) in [4.78, 5) is 2.25. The van der Waals surface area contributed by atoms with Crippen LogP contribution in [0, 0.1) is 5.92 Å². The Kier molecular flexibility index (Phi) is 5.97. The van der Waals surface area contributed by atoms with Gasteiger partial charge in [-0.3, -0.25) is 0 Å².